The van der Waals surface area contributed by atoms with E-state index in [1.54, 1.807) is 13.0 Å². The van der Waals surface area contributed by atoms with Crippen LogP contribution in [-0.4, -0.2) is 42.2 Å². The van der Waals surface area contributed by atoms with Crippen molar-refractivity contribution in [2.45, 2.75) is 39.3 Å². The van der Waals surface area contributed by atoms with Gasteiger partial charge in [-0.3, -0.25) is 4.90 Å². The molecule has 0 bridgehead atoms. The van der Waals surface area contributed by atoms with Crippen LogP contribution in [0.2, 0.25) is 0 Å². The van der Waals surface area contributed by atoms with Gasteiger partial charge in [0.15, 0.2) is 0 Å². The summed E-state index contributed by atoms with van der Waals surface area (Å²) >= 11 is 0. The number of rotatable bonds is 5. The summed E-state index contributed by atoms with van der Waals surface area (Å²) in [6.07, 6.45) is 0.458. The molecule has 0 spiro atoms. The van der Waals surface area contributed by atoms with Gasteiger partial charge in [-0.05, 0) is 44.1 Å². The molecule has 0 saturated carbocycles. The summed E-state index contributed by atoms with van der Waals surface area (Å²) in [5.74, 6) is -0.233. The largest absolute Gasteiger partial charge is 0.389 e. The van der Waals surface area contributed by atoms with Crippen LogP contribution in [0, 0.1) is 5.82 Å². The normalized spacial score (nSPS) is 20.7. The summed E-state index contributed by atoms with van der Waals surface area (Å²) in [5.41, 5.74) is 1.29. The quantitative estimate of drug-likeness (QED) is 0.898. The summed E-state index contributed by atoms with van der Waals surface area (Å²) in [5, 5.41) is 9.50. The van der Waals surface area contributed by atoms with Crippen LogP contribution in [0.5, 0.6) is 0 Å². The van der Waals surface area contributed by atoms with Gasteiger partial charge in [-0.15, -0.1) is 0 Å². The molecular formula is C16H25FN2O. The molecule has 1 aliphatic rings. The van der Waals surface area contributed by atoms with E-state index in [-0.39, 0.29) is 5.82 Å². The Morgan fingerprint density at radius 3 is 2.65 bits per heavy atom. The molecule has 1 saturated heterocycles. The van der Waals surface area contributed by atoms with E-state index in [1.165, 1.54) is 6.07 Å². The molecule has 112 valence electrons. The zero-order valence-corrected chi connectivity index (χ0v) is 12.6. The van der Waals surface area contributed by atoms with E-state index in [4.69, 9.17) is 0 Å². The molecule has 1 heterocycles. The number of hydrogen-bond acceptors (Lipinski definition) is 3. The Kier molecular flexibility index (Phi) is 5.00. The lowest BCUT2D eigenvalue weighted by Gasteiger charge is -2.27. The topological polar surface area (TPSA) is 26.7 Å². The maximum absolute atomic E-state index is 14.2. The number of hydrogen-bond donors (Lipinski definition) is 1. The van der Waals surface area contributed by atoms with Crippen LogP contribution in [0.1, 0.15) is 38.9 Å². The van der Waals surface area contributed by atoms with E-state index in [0.717, 1.165) is 32.6 Å². The van der Waals surface area contributed by atoms with Crippen LogP contribution in [0.3, 0.4) is 0 Å². The Morgan fingerprint density at radius 2 is 2.10 bits per heavy atom. The molecule has 1 fully saturated rings. The number of benzene rings is 1. The van der Waals surface area contributed by atoms with E-state index >= 15 is 0 Å². The summed E-state index contributed by atoms with van der Waals surface area (Å²) in [7, 11) is 0. The monoisotopic (exact) mass is 280 g/mol. The lowest BCUT2D eigenvalue weighted by Crippen LogP contribution is -2.37. The standard InChI is InChI=1S/C16H25FN2O/c1-4-18(5-2)14-8-9-19(11-14)16-7-6-13(12(3)20)10-15(16)17/h6-7,10,12,14,20H,4-5,8-9,11H2,1-3H3. The third-order valence-electron chi connectivity index (χ3n) is 4.29. The predicted octanol–water partition coefficient (Wildman–Crippen LogP) is 2.80. The minimum absolute atomic E-state index is 0.233. The average molecular weight is 280 g/mol. The molecule has 20 heavy (non-hydrogen) atoms. The van der Waals surface area contributed by atoms with Gasteiger partial charge in [-0.25, -0.2) is 4.39 Å². The molecule has 2 rings (SSSR count). The van der Waals surface area contributed by atoms with E-state index in [1.807, 2.05) is 6.07 Å². The molecule has 0 radical (unpaired) electrons. The van der Waals surface area contributed by atoms with Gasteiger partial charge in [-0.2, -0.15) is 0 Å². The predicted molar refractivity (Wildman–Crippen MR) is 80.6 cm³/mol. The fourth-order valence-corrected chi connectivity index (χ4v) is 3.04. The Hall–Kier alpha value is -1.13. The van der Waals surface area contributed by atoms with Gasteiger partial charge in [-0.1, -0.05) is 19.9 Å². The van der Waals surface area contributed by atoms with Gasteiger partial charge >= 0.3 is 0 Å². The Bertz CT molecular complexity index is 446. The van der Waals surface area contributed by atoms with Crippen molar-refractivity contribution >= 4 is 5.69 Å². The molecule has 3 nitrogen and oxygen atoms in total. The number of nitrogens with zero attached hydrogens (tertiary/aromatic N) is 2. The maximum atomic E-state index is 14.2. The second kappa shape index (κ2) is 6.55. The van der Waals surface area contributed by atoms with Crippen LogP contribution in [-0.2, 0) is 0 Å². The molecule has 1 aliphatic heterocycles. The van der Waals surface area contributed by atoms with Crippen LogP contribution in [0.15, 0.2) is 18.2 Å². The zero-order valence-electron chi connectivity index (χ0n) is 12.6. The van der Waals surface area contributed by atoms with Crippen molar-refractivity contribution in [2.75, 3.05) is 31.1 Å². The summed E-state index contributed by atoms with van der Waals surface area (Å²) in [6, 6.07) is 5.57. The molecule has 0 aliphatic carbocycles. The first kappa shape index (κ1) is 15.3. The van der Waals surface area contributed by atoms with Crippen molar-refractivity contribution in [3.8, 4) is 0 Å². The molecular weight excluding hydrogens is 255 g/mol. The molecule has 0 aromatic heterocycles. The van der Waals surface area contributed by atoms with Crippen molar-refractivity contribution in [3.63, 3.8) is 0 Å². The van der Waals surface area contributed by atoms with E-state index in [2.05, 4.69) is 23.6 Å². The summed E-state index contributed by atoms with van der Waals surface area (Å²) in [6.45, 7) is 9.85. The van der Waals surface area contributed by atoms with E-state index < -0.39 is 6.10 Å². The van der Waals surface area contributed by atoms with Crippen molar-refractivity contribution in [2.24, 2.45) is 0 Å². The fraction of sp³-hybridized carbons (Fsp3) is 0.625. The van der Waals surface area contributed by atoms with Crippen molar-refractivity contribution in [1.29, 1.82) is 0 Å². The third kappa shape index (κ3) is 3.13. The van der Waals surface area contributed by atoms with Crippen LogP contribution < -0.4 is 4.90 Å². The van der Waals surface area contributed by atoms with Gasteiger partial charge in [0.2, 0.25) is 0 Å². The Balaban J connectivity index is 2.10. The highest BCUT2D eigenvalue weighted by Gasteiger charge is 2.27. The van der Waals surface area contributed by atoms with E-state index in [0.29, 0.717) is 17.3 Å². The summed E-state index contributed by atoms with van der Waals surface area (Å²) < 4.78 is 14.2. The molecule has 2 atom stereocenters. The first-order valence-corrected chi connectivity index (χ1v) is 7.53. The molecule has 1 aromatic rings. The average Bonchev–Trinajstić information content (AvgIpc) is 2.89. The number of anilines is 1. The molecule has 1 N–H and O–H groups in total. The van der Waals surface area contributed by atoms with Crippen LogP contribution >= 0.6 is 0 Å². The fourth-order valence-electron chi connectivity index (χ4n) is 3.04. The third-order valence-corrected chi connectivity index (χ3v) is 4.29. The number of likely N-dealkylation sites (N-methyl/N-ethyl adjacent to an activating group) is 1. The molecule has 1 aromatic carbocycles. The smallest absolute Gasteiger partial charge is 0.146 e. The van der Waals surface area contributed by atoms with Crippen LogP contribution in [0.25, 0.3) is 0 Å². The van der Waals surface area contributed by atoms with Gasteiger partial charge in [0.25, 0.3) is 0 Å². The number of halogens is 1. The lowest BCUT2D eigenvalue weighted by atomic mass is 10.1. The second-order valence-electron chi connectivity index (χ2n) is 5.50. The Morgan fingerprint density at radius 1 is 1.40 bits per heavy atom. The molecule has 2 unspecified atom stereocenters. The van der Waals surface area contributed by atoms with E-state index in [9.17, 15) is 9.50 Å². The second-order valence-corrected chi connectivity index (χ2v) is 5.50. The van der Waals surface area contributed by atoms with Crippen molar-refractivity contribution in [3.05, 3.63) is 29.6 Å². The minimum atomic E-state index is -0.624. The number of aliphatic hydroxyl groups excluding tert-OH is 1. The minimum Gasteiger partial charge on any atom is -0.389 e. The van der Waals surface area contributed by atoms with Gasteiger partial charge in [0.1, 0.15) is 5.82 Å². The first-order chi connectivity index (χ1) is 9.56. The molecule has 4 heteroatoms. The SMILES string of the molecule is CCN(CC)C1CCN(c2ccc(C(C)O)cc2F)C1. The van der Waals surface area contributed by atoms with Gasteiger partial charge in [0, 0.05) is 19.1 Å². The highest BCUT2D eigenvalue weighted by molar-refractivity contribution is 5.50. The van der Waals surface area contributed by atoms with Crippen molar-refractivity contribution in [1.82, 2.24) is 4.90 Å². The lowest BCUT2D eigenvalue weighted by molar-refractivity contribution is 0.199. The maximum Gasteiger partial charge on any atom is 0.146 e. The first-order valence-electron chi connectivity index (χ1n) is 7.53. The summed E-state index contributed by atoms with van der Waals surface area (Å²) in [4.78, 5) is 4.55. The number of aliphatic hydroxyl groups is 1. The van der Waals surface area contributed by atoms with Crippen LogP contribution in [0.4, 0.5) is 10.1 Å². The Labute approximate surface area is 121 Å². The van der Waals surface area contributed by atoms with Gasteiger partial charge in [0.05, 0.1) is 11.8 Å². The zero-order chi connectivity index (χ0) is 14.7. The highest BCUT2D eigenvalue weighted by atomic mass is 19.1. The van der Waals surface area contributed by atoms with Gasteiger partial charge < -0.3 is 10.0 Å². The molecule has 0 amide bonds. The van der Waals surface area contributed by atoms with Crippen molar-refractivity contribution < 1.29 is 9.50 Å². The highest BCUT2D eigenvalue weighted by Crippen LogP contribution is 2.27.